The molecule has 0 aromatic carbocycles. The van der Waals surface area contributed by atoms with Crippen molar-refractivity contribution in [2.75, 3.05) is 33.0 Å². The average molecular weight is 723 g/mol. The van der Waals surface area contributed by atoms with Crippen molar-refractivity contribution < 1.29 is 14.6 Å². The summed E-state index contributed by atoms with van der Waals surface area (Å²) in [7, 11) is 0. The lowest BCUT2D eigenvalue weighted by Crippen LogP contribution is -2.20. The second-order valence-electron chi connectivity index (χ2n) is 16.6. The topological polar surface area (TPSA) is 38.7 Å². The van der Waals surface area contributed by atoms with Crippen molar-refractivity contribution in [3.8, 4) is 0 Å². The Labute approximate surface area is 323 Å². The number of rotatable bonds is 47. The van der Waals surface area contributed by atoms with Crippen LogP contribution in [-0.2, 0) is 9.47 Å². The van der Waals surface area contributed by atoms with Gasteiger partial charge in [-0.1, -0.05) is 258 Å². The maximum atomic E-state index is 9.71. The van der Waals surface area contributed by atoms with Crippen LogP contribution in [0.4, 0.5) is 0 Å². The van der Waals surface area contributed by atoms with E-state index in [-0.39, 0.29) is 12.5 Å². The molecule has 0 unspecified atom stereocenters. The van der Waals surface area contributed by atoms with Gasteiger partial charge in [0.1, 0.15) is 0 Å². The van der Waals surface area contributed by atoms with Gasteiger partial charge in [-0.15, -0.1) is 0 Å². The van der Waals surface area contributed by atoms with Gasteiger partial charge in [-0.25, -0.2) is 0 Å². The van der Waals surface area contributed by atoms with Gasteiger partial charge in [-0.2, -0.15) is 0 Å². The van der Waals surface area contributed by atoms with Crippen LogP contribution in [0.15, 0.2) is 0 Å². The summed E-state index contributed by atoms with van der Waals surface area (Å²) >= 11 is 0. The Morgan fingerprint density at radius 3 is 0.627 bits per heavy atom. The SMILES string of the molecule is CCCCCCCCCCCCCCCCCCCCCCOCC(CO)COCCCCCCCCCCCCCCCCCCCCCC. The lowest BCUT2D eigenvalue weighted by molar-refractivity contribution is 0.0142. The van der Waals surface area contributed by atoms with Crippen LogP contribution < -0.4 is 0 Å². The van der Waals surface area contributed by atoms with E-state index in [1.54, 1.807) is 0 Å². The number of unbranched alkanes of at least 4 members (excludes halogenated alkanes) is 38. The fraction of sp³-hybridized carbons (Fsp3) is 1.00. The molecule has 0 aliphatic rings. The van der Waals surface area contributed by atoms with Crippen molar-refractivity contribution in [3.63, 3.8) is 0 Å². The van der Waals surface area contributed by atoms with Gasteiger partial charge in [-0.05, 0) is 12.8 Å². The average Bonchev–Trinajstić information content (AvgIpc) is 3.14. The Kier molecular flexibility index (Phi) is 47.8. The molecule has 3 nitrogen and oxygen atoms in total. The summed E-state index contributed by atoms with van der Waals surface area (Å²) in [6, 6.07) is 0. The van der Waals surface area contributed by atoms with Crippen molar-refractivity contribution in [1.29, 1.82) is 0 Å². The Morgan fingerprint density at radius 1 is 0.275 bits per heavy atom. The Balaban J connectivity index is 3.23. The van der Waals surface area contributed by atoms with Crippen LogP contribution in [0.1, 0.15) is 271 Å². The standard InChI is InChI=1S/C48H98O3/c1-3-5-7-9-11-13-15-17-19-21-23-25-27-29-31-33-35-37-39-41-43-50-46-48(45-49)47-51-44-42-40-38-36-34-32-30-28-26-24-22-20-18-16-14-12-10-8-6-4-2/h48-49H,3-47H2,1-2H3. The molecule has 3 heteroatoms. The van der Waals surface area contributed by atoms with Gasteiger partial charge in [0, 0.05) is 19.1 Å². The summed E-state index contributed by atoms with van der Waals surface area (Å²) in [6.07, 6.45) is 56.5. The minimum absolute atomic E-state index is 0.125. The van der Waals surface area contributed by atoms with Gasteiger partial charge >= 0.3 is 0 Å². The fourth-order valence-corrected chi connectivity index (χ4v) is 7.57. The molecule has 0 rings (SSSR count). The third-order valence-electron chi connectivity index (χ3n) is 11.2. The van der Waals surface area contributed by atoms with Gasteiger partial charge in [-0.3, -0.25) is 0 Å². The molecule has 0 saturated carbocycles. The molecule has 51 heavy (non-hydrogen) atoms. The molecule has 0 bridgehead atoms. The number of aliphatic hydroxyl groups excluding tert-OH is 1. The van der Waals surface area contributed by atoms with Gasteiger partial charge in [0.15, 0.2) is 0 Å². The summed E-state index contributed by atoms with van der Waals surface area (Å²) in [6.45, 7) is 7.69. The monoisotopic (exact) mass is 723 g/mol. The minimum atomic E-state index is 0.125. The molecule has 0 saturated heterocycles. The molecule has 0 aromatic heterocycles. The second-order valence-corrected chi connectivity index (χ2v) is 16.6. The number of hydrogen-bond acceptors (Lipinski definition) is 3. The molecule has 0 aliphatic heterocycles. The van der Waals surface area contributed by atoms with Crippen molar-refractivity contribution in [2.45, 2.75) is 271 Å². The summed E-state index contributed by atoms with van der Waals surface area (Å²) in [5.74, 6) is 0.125. The first-order chi connectivity index (χ1) is 25.3. The smallest absolute Gasteiger partial charge is 0.0538 e. The van der Waals surface area contributed by atoms with E-state index in [1.807, 2.05) is 0 Å². The Hall–Kier alpha value is -0.120. The molecule has 0 heterocycles. The second kappa shape index (κ2) is 47.9. The van der Waals surface area contributed by atoms with Crippen LogP contribution in [0.25, 0.3) is 0 Å². The highest BCUT2D eigenvalue weighted by atomic mass is 16.5. The van der Waals surface area contributed by atoms with Gasteiger partial charge in [0.05, 0.1) is 19.8 Å². The molecule has 0 radical (unpaired) electrons. The van der Waals surface area contributed by atoms with E-state index in [9.17, 15) is 5.11 Å². The largest absolute Gasteiger partial charge is 0.396 e. The zero-order valence-electron chi connectivity index (χ0n) is 35.7. The van der Waals surface area contributed by atoms with Crippen molar-refractivity contribution in [3.05, 3.63) is 0 Å². The van der Waals surface area contributed by atoms with Crippen LogP contribution >= 0.6 is 0 Å². The molecular formula is C48H98O3. The van der Waals surface area contributed by atoms with Crippen molar-refractivity contribution in [1.82, 2.24) is 0 Å². The van der Waals surface area contributed by atoms with Crippen molar-refractivity contribution >= 4 is 0 Å². The predicted molar refractivity (Wildman–Crippen MR) is 228 cm³/mol. The fourth-order valence-electron chi connectivity index (χ4n) is 7.57. The molecule has 0 atom stereocenters. The normalized spacial score (nSPS) is 11.8. The molecule has 0 aromatic rings. The van der Waals surface area contributed by atoms with E-state index < -0.39 is 0 Å². The van der Waals surface area contributed by atoms with Crippen LogP contribution in [-0.4, -0.2) is 38.1 Å². The third-order valence-corrected chi connectivity index (χ3v) is 11.2. The van der Waals surface area contributed by atoms with E-state index in [4.69, 9.17) is 9.47 Å². The van der Waals surface area contributed by atoms with E-state index in [1.165, 1.54) is 244 Å². The van der Waals surface area contributed by atoms with E-state index in [0.29, 0.717) is 13.2 Å². The highest BCUT2D eigenvalue weighted by Crippen LogP contribution is 2.17. The quantitative estimate of drug-likeness (QED) is 0.0636. The molecule has 0 amide bonds. The number of ether oxygens (including phenoxy) is 2. The van der Waals surface area contributed by atoms with E-state index >= 15 is 0 Å². The first kappa shape index (κ1) is 50.9. The lowest BCUT2D eigenvalue weighted by Gasteiger charge is -2.15. The van der Waals surface area contributed by atoms with Gasteiger partial charge in [0.25, 0.3) is 0 Å². The lowest BCUT2D eigenvalue weighted by atomic mass is 10.0. The van der Waals surface area contributed by atoms with E-state index in [0.717, 1.165) is 26.1 Å². The summed E-state index contributed by atoms with van der Waals surface area (Å²) < 4.78 is 11.8. The van der Waals surface area contributed by atoms with Crippen LogP contribution in [0, 0.1) is 5.92 Å². The summed E-state index contributed by atoms with van der Waals surface area (Å²) in [4.78, 5) is 0. The third kappa shape index (κ3) is 46.0. The highest BCUT2D eigenvalue weighted by Gasteiger charge is 2.08. The zero-order chi connectivity index (χ0) is 36.8. The first-order valence-electron chi connectivity index (χ1n) is 24.1. The van der Waals surface area contributed by atoms with Crippen molar-refractivity contribution in [2.24, 2.45) is 5.92 Å². The summed E-state index contributed by atoms with van der Waals surface area (Å²) in [5, 5.41) is 9.71. The number of hydrogen-bond donors (Lipinski definition) is 1. The zero-order valence-corrected chi connectivity index (χ0v) is 35.7. The summed E-state index contributed by atoms with van der Waals surface area (Å²) in [5.41, 5.74) is 0. The predicted octanol–water partition coefficient (Wildman–Crippen LogP) is 16.3. The van der Waals surface area contributed by atoms with E-state index in [2.05, 4.69) is 13.8 Å². The van der Waals surface area contributed by atoms with Gasteiger partial charge in [0.2, 0.25) is 0 Å². The molecule has 0 aliphatic carbocycles. The van der Waals surface area contributed by atoms with Crippen LogP contribution in [0.5, 0.6) is 0 Å². The Morgan fingerprint density at radius 2 is 0.451 bits per heavy atom. The van der Waals surface area contributed by atoms with Crippen LogP contribution in [0.2, 0.25) is 0 Å². The molecule has 0 fully saturated rings. The van der Waals surface area contributed by atoms with Gasteiger partial charge < -0.3 is 14.6 Å². The maximum Gasteiger partial charge on any atom is 0.0538 e. The molecule has 1 N–H and O–H groups in total. The minimum Gasteiger partial charge on any atom is -0.396 e. The molecule has 308 valence electrons. The Bertz CT molecular complexity index is 533. The molecule has 0 spiro atoms. The first-order valence-corrected chi connectivity index (χ1v) is 24.1. The highest BCUT2D eigenvalue weighted by molar-refractivity contribution is 4.56. The molecular weight excluding hydrogens is 625 g/mol. The van der Waals surface area contributed by atoms with Crippen LogP contribution in [0.3, 0.4) is 0 Å². The number of aliphatic hydroxyl groups is 1. The maximum absolute atomic E-state index is 9.71.